The zero-order valence-electron chi connectivity index (χ0n) is 9.16. The van der Waals surface area contributed by atoms with Gasteiger partial charge in [0.05, 0.1) is 6.10 Å². The molecule has 1 unspecified atom stereocenters. The molecule has 5 heteroatoms. The summed E-state index contributed by atoms with van der Waals surface area (Å²) < 4.78 is 0. The van der Waals surface area contributed by atoms with E-state index < -0.39 is 6.10 Å². The molecule has 1 atom stereocenters. The van der Waals surface area contributed by atoms with Crippen LogP contribution < -0.4 is 5.32 Å². The van der Waals surface area contributed by atoms with Crippen molar-refractivity contribution >= 4 is 17.4 Å². The van der Waals surface area contributed by atoms with Crippen LogP contribution in [0.25, 0.3) is 0 Å². The minimum Gasteiger partial charge on any atom is -0.391 e. The van der Waals surface area contributed by atoms with Gasteiger partial charge in [0.1, 0.15) is 17.3 Å². The lowest BCUT2D eigenvalue weighted by Gasteiger charge is -2.16. The molecule has 0 saturated heterocycles. The molecule has 1 rings (SSSR count). The van der Waals surface area contributed by atoms with Crippen LogP contribution in [0.15, 0.2) is 6.33 Å². The van der Waals surface area contributed by atoms with Crippen molar-refractivity contribution in [3.05, 3.63) is 17.0 Å². The minimum atomic E-state index is -0.391. The average Bonchev–Trinajstić information content (AvgIpc) is 2.19. The van der Waals surface area contributed by atoms with Crippen molar-refractivity contribution in [1.29, 1.82) is 0 Å². The first-order valence-electron chi connectivity index (χ1n) is 4.91. The van der Waals surface area contributed by atoms with Crippen molar-refractivity contribution in [3.63, 3.8) is 0 Å². The zero-order chi connectivity index (χ0) is 11.4. The van der Waals surface area contributed by atoms with Crippen LogP contribution in [0.5, 0.6) is 0 Å². The van der Waals surface area contributed by atoms with Crippen LogP contribution in [-0.4, -0.2) is 27.7 Å². The van der Waals surface area contributed by atoms with Crippen LogP contribution in [0.4, 0.5) is 5.82 Å². The van der Waals surface area contributed by atoms with E-state index in [9.17, 15) is 5.11 Å². The molecule has 0 fully saturated rings. The van der Waals surface area contributed by atoms with Gasteiger partial charge in [-0.25, -0.2) is 9.97 Å². The Bertz CT molecular complexity index is 330. The van der Waals surface area contributed by atoms with Gasteiger partial charge in [-0.1, -0.05) is 25.4 Å². The third-order valence-electron chi connectivity index (χ3n) is 2.27. The number of hydrogen-bond donors (Lipinski definition) is 2. The Morgan fingerprint density at radius 2 is 2.13 bits per heavy atom. The average molecular weight is 230 g/mol. The van der Waals surface area contributed by atoms with Crippen LogP contribution in [0.1, 0.15) is 19.4 Å². The van der Waals surface area contributed by atoms with Gasteiger partial charge in [-0.2, -0.15) is 0 Å². The van der Waals surface area contributed by atoms with E-state index in [0.29, 0.717) is 17.5 Å². The van der Waals surface area contributed by atoms with E-state index in [1.54, 1.807) is 0 Å². The van der Waals surface area contributed by atoms with Gasteiger partial charge in [0, 0.05) is 12.1 Å². The predicted octanol–water partition coefficient (Wildman–Crippen LogP) is 1.87. The first-order chi connectivity index (χ1) is 7.02. The quantitative estimate of drug-likeness (QED) is 0.774. The van der Waals surface area contributed by atoms with Gasteiger partial charge in [-0.05, 0) is 12.8 Å². The summed E-state index contributed by atoms with van der Waals surface area (Å²) in [4.78, 5) is 7.91. The summed E-state index contributed by atoms with van der Waals surface area (Å²) in [6.45, 7) is 6.23. The first kappa shape index (κ1) is 12.2. The van der Waals surface area contributed by atoms with Crippen molar-refractivity contribution in [2.45, 2.75) is 26.9 Å². The maximum atomic E-state index is 9.61. The minimum absolute atomic E-state index is 0.218. The zero-order valence-corrected chi connectivity index (χ0v) is 9.91. The summed E-state index contributed by atoms with van der Waals surface area (Å²) in [6.07, 6.45) is 1.01. The van der Waals surface area contributed by atoms with E-state index in [0.717, 1.165) is 5.56 Å². The van der Waals surface area contributed by atoms with Crippen LogP contribution in [0, 0.1) is 12.8 Å². The molecule has 1 aromatic heterocycles. The van der Waals surface area contributed by atoms with Crippen LogP contribution in [-0.2, 0) is 0 Å². The largest absolute Gasteiger partial charge is 0.391 e. The van der Waals surface area contributed by atoms with E-state index in [1.165, 1.54) is 6.33 Å². The number of hydrogen-bond acceptors (Lipinski definition) is 4. The van der Waals surface area contributed by atoms with Gasteiger partial charge < -0.3 is 10.4 Å². The second-order valence-electron chi connectivity index (χ2n) is 3.83. The molecule has 15 heavy (non-hydrogen) atoms. The van der Waals surface area contributed by atoms with Gasteiger partial charge in [-0.15, -0.1) is 0 Å². The third kappa shape index (κ3) is 3.32. The Labute approximate surface area is 94.7 Å². The lowest BCUT2D eigenvalue weighted by molar-refractivity contribution is 0.138. The molecule has 0 aliphatic carbocycles. The Morgan fingerprint density at radius 1 is 1.47 bits per heavy atom. The summed E-state index contributed by atoms with van der Waals surface area (Å²) in [5.41, 5.74) is 0.801. The Hall–Kier alpha value is -0.870. The smallest absolute Gasteiger partial charge is 0.137 e. The molecular weight excluding hydrogens is 214 g/mol. The molecule has 1 aromatic rings. The van der Waals surface area contributed by atoms with Crippen molar-refractivity contribution < 1.29 is 5.11 Å². The molecule has 0 amide bonds. The van der Waals surface area contributed by atoms with E-state index in [1.807, 2.05) is 20.8 Å². The van der Waals surface area contributed by atoms with Crippen LogP contribution >= 0.6 is 11.6 Å². The molecular formula is C10H16ClN3O. The standard InChI is InChI=1S/C10H16ClN3O/c1-6(2)8(15)4-12-10-7(3)9(11)13-5-14-10/h5-6,8,15H,4H2,1-3H3,(H,12,13,14). The lowest BCUT2D eigenvalue weighted by Crippen LogP contribution is -2.25. The van der Waals surface area contributed by atoms with E-state index >= 15 is 0 Å². The van der Waals surface area contributed by atoms with E-state index in [-0.39, 0.29) is 5.92 Å². The van der Waals surface area contributed by atoms with E-state index in [4.69, 9.17) is 11.6 Å². The topological polar surface area (TPSA) is 58.0 Å². The van der Waals surface area contributed by atoms with Gasteiger partial charge >= 0.3 is 0 Å². The molecule has 4 nitrogen and oxygen atoms in total. The Kier molecular flexibility index (Phi) is 4.29. The molecule has 1 heterocycles. The van der Waals surface area contributed by atoms with Gasteiger partial charge in [0.15, 0.2) is 0 Å². The van der Waals surface area contributed by atoms with Crippen LogP contribution in [0.3, 0.4) is 0 Å². The van der Waals surface area contributed by atoms with E-state index in [2.05, 4.69) is 15.3 Å². The summed E-state index contributed by atoms with van der Waals surface area (Å²) in [5, 5.41) is 13.1. The second-order valence-corrected chi connectivity index (χ2v) is 4.19. The monoisotopic (exact) mass is 229 g/mol. The molecule has 84 valence electrons. The summed E-state index contributed by atoms with van der Waals surface area (Å²) in [5.74, 6) is 0.893. The fraction of sp³-hybridized carbons (Fsp3) is 0.600. The van der Waals surface area contributed by atoms with Crippen molar-refractivity contribution in [3.8, 4) is 0 Å². The highest BCUT2D eigenvalue weighted by molar-refractivity contribution is 6.30. The van der Waals surface area contributed by atoms with Crippen molar-refractivity contribution in [2.75, 3.05) is 11.9 Å². The normalized spacial score (nSPS) is 12.9. The fourth-order valence-electron chi connectivity index (χ4n) is 1.04. The number of aromatic nitrogens is 2. The molecule has 0 bridgehead atoms. The SMILES string of the molecule is Cc1c(Cl)ncnc1NCC(O)C(C)C. The highest BCUT2D eigenvalue weighted by atomic mass is 35.5. The number of aliphatic hydroxyl groups excluding tert-OH is 1. The summed E-state index contributed by atoms with van der Waals surface area (Å²) in [7, 11) is 0. The third-order valence-corrected chi connectivity index (χ3v) is 2.65. The maximum Gasteiger partial charge on any atom is 0.137 e. The van der Waals surface area contributed by atoms with Crippen molar-refractivity contribution in [1.82, 2.24) is 9.97 Å². The number of rotatable bonds is 4. The molecule has 0 saturated carbocycles. The highest BCUT2D eigenvalue weighted by Gasteiger charge is 2.10. The first-order valence-corrected chi connectivity index (χ1v) is 5.29. The molecule has 0 spiro atoms. The van der Waals surface area contributed by atoms with Crippen molar-refractivity contribution in [2.24, 2.45) is 5.92 Å². The summed E-state index contributed by atoms with van der Waals surface area (Å²) in [6, 6.07) is 0. The fourth-order valence-corrected chi connectivity index (χ4v) is 1.18. The molecule has 0 aliphatic heterocycles. The lowest BCUT2D eigenvalue weighted by atomic mass is 10.1. The molecule has 0 aliphatic rings. The second kappa shape index (κ2) is 5.28. The molecule has 2 N–H and O–H groups in total. The number of nitrogens with one attached hydrogen (secondary N) is 1. The summed E-state index contributed by atoms with van der Waals surface area (Å²) >= 11 is 5.84. The number of anilines is 1. The highest BCUT2D eigenvalue weighted by Crippen LogP contribution is 2.17. The predicted molar refractivity (Wildman–Crippen MR) is 61.1 cm³/mol. The Morgan fingerprint density at radius 3 is 2.73 bits per heavy atom. The van der Waals surface area contributed by atoms with Gasteiger partial charge in [0.25, 0.3) is 0 Å². The molecule has 0 aromatic carbocycles. The Balaban J connectivity index is 2.62. The molecule has 0 radical (unpaired) electrons. The van der Waals surface area contributed by atoms with Gasteiger partial charge in [-0.3, -0.25) is 0 Å². The van der Waals surface area contributed by atoms with Crippen LogP contribution in [0.2, 0.25) is 5.15 Å². The van der Waals surface area contributed by atoms with Gasteiger partial charge in [0.2, 0.25) is 0 Å². The number of halogens is 1. The number of nitrogens with zero attached hydrogens (tertiary/aromatic N) is 2. The maximum absolute atomic E-state index is 9.61. The number of aliphatic hydroxyl groups is 1.